The molecule has 1 saturated carbocycles. The van der Waals surface area contributed by atoms with E-state index in [2.05, 4.69) is 46.6 Å². The Labute approximate surface area is 286 Å². The molecule has 10 nitrogen and oxygen atoms in total. The summed E-state index contributed by atoms with van der Waals surface area (Å²) in [6, 6.07) is 24.6. The van der Waals surface area contributed by atoms with Gasteiger partial charge in [-0.1, -0.05) is 104 Å². The zero-order valence-electron chi connectivity index (χ0n) is 27.7. The first-order valence-electron chi connectivity index (χ1n) is 17.2. The van der Waals surface area contributed by atoms with Crippen LogP contribution in [0.25, 0.3) is 11.1 Å². The molecule has 0 aromatic heterocycles. The van der Waals surface area contributed by atoms with Crippen molar-refractivity contribution in [3.05, 3.63) is 108 Å². The number of ether oxygens (including phenoxy) is 2. The number of rotatable bonds is 12. The summed E-state index contributed by atoms with van der Waals surface area (Å²) in [5.41, 5.74) is 5.24. The first kappa shape index (κ1) is 32.4. The van der Waals surface area contributed by atoms with Crippen LogP contribution in [-0.2, 0) is 23.9 Å². The molecule has 10 heteroatoms. The van der Waals surface area contributed by atoms with E-state index < -0.39 is 35.8 Å². The lowest BCUT2D eigenvalue weighted by Gasteiger charge is -2.29. The van der Waals surface area contributed by atoms with Crippen molar-refractivity contribution in [1.29, 1.82) is 0 Å². The number of nitrogens with zero attached hydrogens (tertiary/aromatic N) is 2. The number of hydrogen-bond acceptors (Lipinski definition) is 7. The summed E-state index contributed by atoms with van der Waals surface area (Å²) in [6.07, 6.45) is 3.33. The maximum absolute atomic E-state index is 14.2. The van der Waals surface area contributed by atoms with Crippen molar-refractivity contribution >= 4 is 23.6 Å². The zero-order chi connectivity index (χ0) is 34.0. The van der Waals surface area contributed by atoms with E-state index in [1.54, 1.807) is 0 Å². The molecule has 3 amide bonds. The summed E-state index contributed by atoms with van der Waals surface area (Å²) in [5.74, 6) is -0.832. The second-order valence-corrected chi connectivity index (χ2v) is 13.4. The third kappa shape index (κ3) is 6.64. The fraction of sp³-hybridized carbons (Fsp3) is 0.385. The molecular formula is C39H42N4O6. The molecule has 254 valence electrons. The van der Waals surface area contributed by atoms with Gasteiger partial charge in [-0.25, -0.2) is 4.79 Å². The highest BCUT2D eigenvalue weighted by Gasteiger charge is 2.55. The Morgan fingerprint density at radius 3 is 2.35 bits per heavy atom. The van der Waals surface area contributed by atoms with Gasteiger partial charge in [-0.15, -0.1) is 0 Å². The molecule has 1 unspecified atom stereocenters. The van der Waals surface area contributed by atoms with Gasteiger partial charge in [0.05, 0.1) is 24.6 Å². The van der Waals surface area contributed by atoms with Gasteiger partial charge < -0.3 is 24.9 Å². The van der Waals surface area contributed by atoms with Gasteiger partial charge in [0.2, 0.25) is 5.91 Å². The van der Waals surface area contributed by atoms with Crippen molar-refractivity contribution in [2.24, 2.45) is 5.16 Å². The number of hydrogen-bond donors (Lipinski definition) is 2. The number of carbonyl (C=O) groups excluding carboxylic acids is 3. The minimum atomic E-state index is -0.962. The van der Waals surface area contributed by atoms with Crippen LogP contribution in [0.5, 0.6) is 0 Å². The van der Waals surface area contributed by atoms with Crippen molar-refractivity contribution in [3.63, 3.8) is 0 Å². The normalized spacial score (nSPS) is 21.9. The molecule has 0 radical (unpaired) electrons. The van der Waals surface area contributed by atoms with Crippen molar-refractivity contribution in [3.8, 4) is 11.1 Å². The Bertz CT molecular complexity index is 1710. The first-order chi connectivity index (χ1) is 23.9. The maximum atomic E-state index is 14.2. The quantitative estimate of drug-likeness (QED) is 0.242. The summed E-state index contributed by atoms with van der Waals surface area (Å²) >= 11 is 0. The molecule has 4 atom stereocenters. The van der Waals surface area contributed by atoms with E-state index in [9.17, 15) is 14.4 Å². The van der Waals surface area contributed by atoms with E-state index >= 15 is 0 Å². The van der Waals surface area contributed by atoms with Crippen LogP contribution in [-0.4, -0.2) is 71.5 Å². The van der Waals surface area contributed by atoms with Crippen molar-refractivity contribution in [2.45, 2.75) is 81.2 Å². The standard InChI is InChI=1S/C39H42N4O6/c1-3-12-32(35(47-4-2)37(45)40-26-19-20-26)41-36(44)34-22-39(21-33(42-49-39)25-13-6-5-7-14-25)24-43(34)38(46)48-23-31-29-17-10-8-15-27(29)28-16-9-11-18-30(28)31/h4-11,13-18,26,31-32,34-35H,2-3,12,19-24H2,1H3,(H,40,45)(H,41,44)/t32-,34-,35?,39+/m0/s1. The van der Waals surface area contributed by atoms with Gasteiger partial charge in [-0.2, -0.15) is 0 Å². The average molecular weight is 663 g/mol. The van der Waals surface area contributed by atoms with Gasteiger partial charge in [-0.05, 0) is 47.1 Å². The summed E-state index contributed by atoms with van der Waals surface area (Å²) in [5, 5.41) is 10.5. The lowest BCUT2D eigenvalue weighted by Crippen LogP contribution is -2.55. The fourth-order valence-electron chi connectivity index (χ4n) is 7.40. The molecule has 0 bridgehead atoms. The van der Waals surface area contributed by atoms with Crippen molar-refractivity contribution < 1.29 is 28.7 Å². The highest BCUT2D eigenvalue weighted by atomic mass is 16.7. The summed E-state index contributed by atoms with van der Waals surface area (Å²) in [6.45, 7) is 5.87. The van der Waals surface area contributed by atoms with Crippen LogP contribution in [0, 0.1) is 0 Å². The van der Waals surface area contributed by atoms with Gasteiger partial charge in [0, 0.05) is 24.8 Å². The molecule has 2 heterocycles. The van der Waals surface area contributed by atoms with Crippen LogP contribution in [0.15, 0.2) is 96.9 Å². The summed E-state index contributed by atoms with van der Waals surface area (Å²) in [4.78, 5) is 49.0. The molecule has 3 aromatic rings. The van der Waals surface area contributed by atoms with Crippen LogP contribution in [0.4, 0.5) is 4.79 Å². The lowest BCUT2D eigenvalue weighted by molar-refractivity contribution is -0.134. The second-order valence-electron chi connectivity index (χ2n) is 13.4. The van der Waals surface area contributed by atoms with E-state index in [1.807, 2.05) is 61.5 Å². The number of nitrogens with one attached hydrogen (secondary N) is 2. The summed E-state index contributed by atoms with van der Waals surface area (Å²) < 4.78 is 11.7. The molecule has 1 saturated heterocycles. The largest absolute Gasteiger partial charge is 0.487 e. The number of fused-ring (bicyclic) bond motifs is 3. The minimum absolute atomic E-state index is 0.117. The number of carbonyl (C=O) groups is 3. The van der Waals surface area contributed by atoms with Gasteiger partial charge >= 0.3 is 6.09 Å². The van der Waals surface area contributed by atoms with Crippen LogP contribution in [0.2, 0.25) is 0 Å². The Balaban J connectivity index is 1.12. The SMILES string of the molecule is C=COC(C(=O)NC1CC1)[C@H](CCC)NC(=O)[C@@H]1C[C@]2(CC(c3ccccc3)=NO2)CN1C(=O)OCC1c2ccccc2-c2ccccc21. The predicted octanol–water partition coefficient (Wildman–Crippen LogP) is 5.67. The second kappa shape index (κ2) is 13.8. The van der Waals surface area contributed by atoms with E-state index in [-0.39, 0.29) is 37.4 Å². The van der Waals surface area contributed by atoms with Crippen LogP contribution >= 0.6 is 0 Å². The maximum Gasteiger partial charge on any atom is 0.410 e. The first-order valence-corrected chi connectivity index (χ1v) is 17.2. The minimum Gasteiger partial charge on any atom is -0.487 e. The molecule has 2 aliphatic carbocycles. The molecule has 2 fully saturated rings. The molecule has 4 aliphatic rings. The van der Waals surface area contributed by atoms with Gasteiger partial charge in [-0.3, -0.25) is 14.5 Å². The smallest absolute Gasteiger partial charge is 0.410 e. The van der Waals surface area contributed by atoms with Crippen LogP contribution < -0.4 is 10.6 Å². The summed E-state index contributed by atoms with van der Waals surface area (Å²) in [7, 11) is 0. The molecule has 2 aliphatic heterocycles. The highest BCUT2D eigenvalue weighted by molar-refractivity contribution is 6.02. The third-order valence-corrected chi connectivity index (χ3v) is 9.94. The Hall–Kier alpha value is -5.12. The highest BCUT2D eigenvalue weighted by Crippen LogP contribution is 2.45. The lowest BCUT2D eigenvalue weighted by atomic mass is 9.91. The third-order valence-electron chi connectivity index (χ3n) is 9.94. The average Bonchev–Trinajstić information content (AvgIpc) is 3.58. The molecule has 3 aromatic carbocycles. The number of oxime groups is 1. The van der Waals surface area contributed by atoms with Crippen LogP contribution in [0.1, 0.15) is 68.1 Å². The zero-order valence-corrected chi connectivity index (χ0v) is 27.7. The van der Waals surface area contributed by atoms with Crippen LogP contribution in [0.3, 0.4) is 0 Å². The van der Waals surface area contributed by atoms with Gasteiger partial charge in [0.1, 0.15) is 12.6 Å². The molecule has 1 spiro atoms. The van der Waals surface area contributed by atoms with Gasteiger partial charge in [0.15, 0.2) is 11.7 Å². The van der Waals surface area contributed by atoms with E-state index in [0.717, 1.165) is 46.4 Å². The molecular weight excluding hydrogens is 620 g/mol. The monoisotopic (exact) mass is 662 g/mol. The van der Waals surface area contributed by atoms with E-state index in [1.165, 1.54) is 11.2 Å². The molecule has 7 rings (SSSR count). The Kier molecular flexibility index (Phi) is 9.12. The fourth-order valence-corrected chi connectivity index (χ4v) is 7.40. The van der Waals surface area contributed by atoms with E-state index in [0.29, 0.717) is 19.3 Å². The number of benzene rings is 3. The molecule has 2 N–H and O–H groups in total. The Morgan fingerprint density at radius 1 is 1.02 bits per heavy atom. The van der Waals surface area contributed by atoms with Crippen molar-refractivity contribution in [1.82, 2.24) is 15.5 Å². The van der Waals surface area contributed by atoms with Gasteiger partial charge in [0.25, 0.3) is 5.91 Å². The Morgan fingerprint density at radius 2 is 1.69 bits per heavy atom. The topological polar surface area (TPSA) is 119 Å². The number of amides is 3. The molecule has 49 heavy (non-hydrogen) atoms. The predicted molar refractivity (Wildman–Crippen MR) is 185 cm³/mol. The van der Waals surface area contributed by atoms with E-state index in [4.69, 9.17) is 14.3 Å². The van der Waals surface area contributed by atoms with Crippen molar-refractivity contribution in [2.75, 3.05) is 13.2 Å². The number of likely N-dealkylation sites (tertiary alicyclic amines) is 1.